The van der Waals surface area contributed by atoms with Gasteiger partial charge in [-0.2, -0.15) is 0 Å². The van der Waals surface area contributed by atoms with E-state index in [4.69, 9.17) is 0 Å². The lowest BCUT2D eigenvalue weighted by molar-refractivity contribution is -1.02. The molecule has 0 spiro atoms. The SMILES string of the molecule is C1CCC([N+](C2CCCCC2)(C2CCCCC2)C2CCCCC2)CC1.[B]. The zero-order chi connectivity index (χ0) is 17.0. The van der Waals surface area contributed by atoms with Crippen molar-refractivity contribution >= 4 is 8.41 Å². The van der Waals surface area contributed by atoms with E-state index in [-0.39, 0.29) is 8.41 Å². The minimum atomic E-state index is 0. The molecule has 1 nitrogen and oxygen atoms in total. The molecule has 26 heavy (non-hydrogen) atoms. The Labute approximate surface area is 165 Å². The van der Waals surface area contributed by atoms with Crippen LogP contribution in [-0.2, 0) is 0 Å². The van der Waals surface area contributed by atoms with Crippen LogP contribution < -0.4 is 0 Å². The van der Waals surface area contributed by atoms with Crippen LogP contribution in [0.2, 0.25) is 0 Å². The van der Waals surface area contributed by atoms with Crippen LogP contribution in [0.3, 0.4) is 0 Å². The Hall–Kier alpha value is 0.0249. The van der Waals surface area contributed by atoms with Crippen LogP contribution in [0.4, 0.5) is 0 Å². The van der Waals surface area contributed by atoms with Gasteiger partial charge in [0.2, 0.25) is 0 Å². The summed E-state index contributed by atoms with van der Waals surface area (Å²) >= 11 is 0. The lowest BCUT2D eigenvalue weighted by atomic mass is 9.76. The normalized spacial score (nSPS) is 28.6. The Morgan fingerprint density at radius 1 is 0.308 bits per heavy atom. The first-order chi connectivity index (χ1) is 12.4. The summed E-state index contributed by atoms with van der Waals surface area (Å²) in [6.07, 6.45) is 31.0. The summed E-state index contributed by atoms with van der Waals surface area (Å²) < 4.78 is 1.67. The maximum absolute atomic E-state index is 1.67. The number of rotatable bonds is 4. The second-order valence-electron chi connectivity index (χ2n) is 10.1. The van der Waals surface area contributed by atoms with Gasteiger partial charge in [0.1, 0.15) is 0 Å². The van der Waals surface area contributed by atoms with E-state index in [9.17, 15) is 0 Å². The van der Waals surface area contributed by atoms with E-state index in [2.05, 4.69) is 0 Å². The minimum Gasteiger partial charge on any atom is -0.314 e. The Balaban J connectivity index is 0.00000196. The summed E-state index contributed by atoms with van der Waals surface area (Å²) in [5, 5.41) is 0. The van der Waals surface area contributed by atoms with Crippen molar-refractivity contribution in [1.29, 1.82) is 0 Å². The van der Waals surface area contributed by atoms with Gasteiger partial charge in [-0.25, -0.2) is 0 Å². The van der Waals surface area contributed by atoms with E-state index in [1.165, 1.54) is 77.0 Å². The number of hydrogen-bond acceptors (Lipinski definition) is 0. The number of nitrogens with zero attached hydrogens (tertiary/aromatic N) is 1. The standard InChI is InChI=1S/C24H44N.B/c1-5-13-21(14-6-1)25(22-15-7-2-8-16-22,23-17-9-3-10-18-23)24-19-11-4-12-20-24;/h21-24H,1-20H2;/q+1;. The second kappa shape index (κ2) is 9.99. The quantitative estimate of drug-likeness (QED) is 0.385. The van der Waals surface area contributed by atoms with E-state index in [1.54, 1.807) is 55.8 Å². The predicted octanol–water partition coefficient (Wildman–Crippen LogP) is 6.75. The zero-order valence-electron chi connectivity index (χ0n) is 17.5. The monoisotopic (exact) mass is 357 g/mol. The van der Waals surface area contributed by atoms with Crippen LogP contribution in [0, 0.1) is 0 Å². The van der Waals surface area contributed by atoms with Gasteiger partial charge < -0.3 is 4.48 Å². The van der Waals surface area contributed by atoms with Crippen molar-refractivity contribution in [3.63, 3.8) is 0 Å². The van der Waals surface area contributed by atoms with Gasteiger partial charge in [-0.3, -0.25) is 0 Å². The molecule has 4 saturated carbocycles. The number of hydrogen-bond donors (Lipinski definition) is 0. The first kappa shape index (κ1) is 20.8. The molecule has 0 unspecified atom stereocenters. The van der Waals surface area contributed by atoms with Crippen molar-refractivity contribution in [3.05, 3.63) is 0 Å². The van der Waals surface area contributed by atoms with Gasteiger partial charge in [0, 0.05) is 8.41 Å². The topological polar surface area (TPSA) is 0 Å². The third kappa shape index (κ3) is 4.06. The van der Waals surface area contributed by atoms with E-state index >= 15 is 0 Å². The van der Waals surface area contributed by atoms with Crippen molar-refractivity contribution in [2.75, 3.05) is 0 Å². The van der Waals surface area contributed by atoms with Crippen LogP contribution in [0.5, 0.6) is 0 Å². The van der Waals surface area contributed by atoms with Crippen molar-refractivity contribution in [2.45, 2.75) is 153 Å². The van der Waals surface area contributed by atoms with Gasteiger partial charge in [0.15, 0.2) is 0 Å². The van der Waals surface area contributed by atoms with Crippen molar-refractivity contribution in [2.24, 2.45) is 0 Å². The fourth-order valence-corrected chi connectivity index (χ4v) is 7.90. The Bertz CT molecular complexity index is 308. The van der Waals surface area contributed by atoms with Crippen molar-refractivity contribution in [1.82, 2.24) is 0 Å². The first-order valence-electron chi connectivity index (χ1n) is 12.3. The van der Waals surface area contributed by atoms with Gasteiger partial charge in [0.25, 0.3) is 0 Å². The molecule has 147 valence electrons. The summed E-state index contributed by atoms with van der Waals surface area (Å²) in [5.41, 5.74) is 0. The Morgan fingerprint density at radius 2 is 0.500 bits per heavy atom. The van der Waals surface area contributed by atoms with Gasteiger partial charge in [-0.1, -0.05) is 25.7 Å². The average molecular weight is 357 g/mol. The highest BCUT2D eigenvalue weighted by Gasteiger charge is 2.53. The molecule has 2 heteroatoms. The lowest BCUT2D eigenvalue weighted by Crippen LogP contribution is -2.72. The van der Waals surface area contributed by atoms with Gasteiger partial charge in [0.05, 0.1) is 24.2 Å². The molecular formula is C24H44BN+. The molecule has 0 aromatic carbocycles. The molecule has 4 rings (SSSR count). The highest BCUT2D eigenvalue weighted by atomic mass is 15.4. The highest BCUT2D eigenvalue weighted by molar-refractivity contribution is 5.75. The molecule has 0 saturated heterocycles. The van der Waals surface area contributed by atoms with Crippen LogP contribution >= 0.6 is 0 Å². The summed E-state index contributed by atoms with van der Waals surface area (Å²) in [7, 11) is 0. The molecule has 0 aromatic rings. The van der Waals surface area contributed by atoms with E-state index in [0.29, 0.717) is 0 Å². The van der Waals surface area contributed by atoms with Crippen LogP contribution in [0.25, 0.3) is 0 Å². The van der Waals surface area contributed by atoms with Crippen molar-refractivity contribution in [3.8, 4) is 0 Å². The van der Waals surface area contributed by atoms with Crippen LogP contribution in [-0.4, -0.2) is 37.1 Å². The Morgan fingerprint density at radius 3 is 0.692 bits per heavy atom. The smallest absolute Gasteiger partial charge is 0.0896 e. The largest absolute Gasteiger partial charge is 0.314 e. The fraction of sp³-hybridized carbons (Fsp3) is 1.00. The number of quaternary nitrogens is 1. The maximum atomic E-state index is 1.67. The molecule has 3 radical (unpaired) electrons. The summed E-state index contributed by atoms with van der Waals surface area (Å²) in [5.74, 6) is 0. The molecule has 4 aliphatic carbocycles. The third-order valence-corrected chi connectivity index (χ3v) is 8.83. The molecule has 0 heterocycles. The minimum absolute atomic E-state index is 0. The average Bonchev–Trinajstić information content (AvgIpc) is 2.72. The van der Waals surface area contributed by atoms with E-state index in [0.717, 1.165) is 24.2 Å². The molecule has 0 aliphatic heterocycles. The summed E-state index contributed by atoms with van der Waals surface area (Å²) in [6.45, 7) is 0. The van der Waals surface area contributed by atoms with E-state index in [1.807, 2.05) is 0 Å². The second-order valence-corrected chi connectivity index (χ2v) is 10.1. The third-order valence-electron chi connectivity index (χ3n) is 8.83. The molecular weight excluding hydrogens is 313 g/mol. The maximum Gasteiger partial charge on any atom is 0.0896 e. The molecule has 0 bridgehead atoms. The molecule has 0 N–H and O–H groups in total. The summed E-state index contributed by atoms with van der Waals surface area (Å²) in [6, 6.07) is 4.18. The molecule has 0 amide bonds. The van der Waals surface area contributed by atoms with Gasteiger partial charge >= 0.3 is 0 Å². The van der Waals surface area contributed by atoms with Gasteiger partial charge in [-0.05, 0) is 103 Å². The molecule has 4 fully saturated rings. The highest BCUT2D eigenvalue weighted by Crippen LogP contribution is 2.47. The molecule has 0 aromatic heterocycles. The summed E-state index contributed by atoms with van der Waals surface area (Å²) in [4.78, 5) is 0. The van der Waals surface area contributed by atoms with E-state index < -0.39 is 0 Å². The fourth-order valence-electron chi connectivity index (χ4n) is 7.90. The van der Waals surface area contributed by atoms with Crippen molar-refractivity contribution < 1.29 is 4.48 Å². The predicted molar refractivity (Wildman–Crippen MR) is 114 cm³/mol. The lowest BCUT2D eigenvalue weighted by Gasteiger charge is -2.62. The molecule has 4 aliphatic rings. The first-order valence-corrected chi connectivity index (χ1v) is 12.3. The molecule has 0 atom stereocenters. The van der Waals surface area contributed by atoms with Crippen LogP contribution in [0.15, 0.2) is 0 Å². The Kier molecular flexibility index (Phi) is 7.97. The zero-order valence-corrected chi connectivity index (χ0v) is 17.5. The van der Waals surface area contributed by atoms with Gasteiger partial charge in [-0.15, -0.1) is 0 Å². The van der Waals surface area contributed by atoms with Crippen LogP contribution in [0.1, 0.15) is 128 Å².